The average Bonchev–Trinajstić information content (AvgIpc) is 2.77. The molecule has 1 saturated carbocycles. The van der Waals surface area contributed by atoms with E-state index in [9.17, 15) is 18.3 Å². The summed E-state index contributed by atoms with van der Waals surface area (Å²) in [5.41, 5.74) is 0.569. The molecule has 0 saturated heterocycles. The van der Waals surface area contributed by atoms with E-state index in [2.05, 4.69) is 0 Å². The largest absolute Gasteiger partial charge is 0.481 e. The van der Waals surface area contributed by atoms with E-state index in [1.807, 2.05) is 0 Å². The predicted octanol–water partition coefficient (Wildman–Crippen LogP) is 2.13. The fourth-order valence-electron chi connectivity index (χ4n) is 2.87. The van der Waals surface area contributed by atoms with Crippen molar-refractivity contribution in [3.63, 3.8) is 0 Å². The Bertz CT molecular complexity index is 583. The van der Waals surface area contributed by atoms with Gasteiger partial charge in [0, 0.05) is 6.26 Å². The minimum atomic E-state index is -3.10. The first-order valence-electron chi connectivity index (χ1n) is 6.34. The number of hydrogen-bond acceptors (Lipinski definition) is 3. The summed E-state index contributed by atoms with van der Waals surface area (Å²) in [5.74, 6) is -0.849. The molecule has 1 aromatic carbocycles. The number of carboxylic acids is 1. The van der Waals surface area contributed by atoms with Gasteiger partial charge in [-0.15, -0.1) is 0 Å². The van der Waals surface area contributed by atoms with E-state index >= 15 is 0 Å². The van der Waals surface area contributed by atoms with Crippen LogP contribution in [0.15, 0.2) is 24.3 Å². The highest BCUT2D eigenvalue weighted by molar-refractivity contribution is 7.89. The predicted molar refractivity (Wildman–Crippen MR) is 72.8 cm³/mol. The molecule has 0 spiro atoms. The standard InChI is InChI=1S/C14H18O4S/c1-19(17,18)10-11-5-4-6-12(9-11)14(13(15)16)7-2-3-8-14/h4-6,9H,2-3,7-8,10H2,1H3,(H,15,16). The number of benzene rings is 1. The van der Waals surface area contributed by atoms with E-state index in [0.717, 1.165) is 18.4 Å². The molecule has 0 radical (unpaired) electrons. The Labute approximate surface area is 113 Å². The van der Waals surface area contributed by atoms with Crippen LogP contribution >= 0.6 is 0 Å². The topological polar surface area (TPSA) is 71.4 Å². The van der Waals surface area contributed by atoms with Crippen molar-refractivity contribution in [2.75, 3.05) is 6.26 Å². The zero-order chi connectivity index (χ0) is 14.1. The van der Waals surface area contributed by atoms with Gasteiger partial charge < -0.3 is 5.11 Å². The molecule has 0 atom stereocenters. The fraction of sp³-hybridized carbons (Fsp3) is 0.500. The molecule has 19 heavy (non-hydrogen) atoms. The highest BCUT2D eigenvalue weighted by atomic mass is 32.2. The van der Waals surface area contributed by atoms with Crippen molar-refractivity contribution >= 4 is 15.8 Å². The summed E-state index contributed by atoms with van der Waals surface area (Å²) in [6, 6.07) is 7.01. The average molecular weight is 282 g/mol. The maximum Gasteiger partial charge on any atom is 0.314 e. The molecule has 0 aromatic heterocycles. The molecule has 0 bridgehead atoms. The van der Waals surface area contributed by atoms with Crippen LogP contribution in [0.1, 0.15) is 36.8 Å². The van der Waals surface area contributed by atoms with Crippen molar-refractivity contribution < 1.29 is 18.3 Å². The van der Waals surface area contributed by atoms with Crippen LogP contribution in [0.4, 0.5) is 0 Å². The second kappa shape index (κ2) is 4.96. The molecule has 0 unspecified atom stereocenters. The number of sulfone groups is 1. The van der Waals surface area contributed by atoms with E-state index in [0.29, 0.717) is 18.4 Å². The Morgan fingerprint density at radius 1 is 1.32 bits per heavy atom. The monoisotopic (exact) mass is 282 g/mol. The number of rotatable bonds is 4. The van der Waals surface area contributed by atoms with Gasteiger partial charge in [-0.2, -0.15) is 0 Å². The normalized spacial score (nSPS) is 18.4. The third-order valence-corrected chi connectivity index (χ3v) is 4.63. The van der Waals surface area contributed by atoms with Gasteiger partial charge in [-0.1, -0.05) is 37.1 Å². The molecule has 1 fully saturated rings. The molecule has 1 N–H and O–H groups in total. The Hall–Kier alpha value is -1.36. The zero-order valence-corrected chi connectivity index (χ0v) is 11.7. The summed E-state index contributed by atoms with van der Waals surface area (Å²) in [6.45, 7) is 0. The summed E-state index contributed by atoms with van der Waals surface area (Å²) < 4.78 is 22.7. The van der Waals surface area contributed by atoms with Gasteiger partial charge in [0.15, 0.2) is 9.84 Å². The van der Waals surface area contributed by atoms with Crippen LogP contribution in [0, 0.1) is 0 Å². The van der Waals surface area contributed by atoms with E-state index in [-0.39, 0.29) is 5.75 Å². The van der Waals surface area contributed by atoms with Gasteiger partial charge in [-0.25, -0.2) is 8.42 Å². The molecule has 1 aliphatic carbocycles. The van der Waals surface area contributed by atoms with Crippen LogP contribution in [-0.4, -0.2) is 25.7 Å². The van der Waals surface area contributed by atoms with Gasteiger partial charge in [-0.3, -0.25) is 4.79 Å². The second-order valence-electron chi connectivity index (χ2n) is 5.36. The zero-order valence-electron chi connectivity index (χ0n) is 10.9. The van der Waals surface area contributed by atoms with E-state index in [1.165, 1.54) is 6.26 Å². The molecule has 5 heteroatoms. The quantitative estimate of drug-likeness (QED) is 0.918. The molecule has 0 amide bonds. The van der Waals surface area contributed by atoms with Gasteiger partial charge in [0.05, 0.1) is 11.2 Å². The fourth-order valence-corrected chi connectivity index (χ4v) is 3.65. The Morgan fingerprint density at radius 2 is 1.95 bits per heavy atom. The lowest BCUT2D eigenvalue weighted by atomic mass is 9.78. The highest BCUT2D eigenvalue weighted by Gasteiger charge is 2.42. The first-order chi connectivity index (χ1) is 8.83. The molecule has 2 rings (SSSR count). The first kappa shape index (κ1) is 14.1. The van der Waals surface area contributed by atoms with Crippen LogP contribution in [-0.2, 0) is 25.8 Å². The van der Waals surface area contributed by atoms with Gasteiger partial charge in [0.25, 0.3) is 0 Å². The lowest BCUT2D eigenvalue weighted by Gasteiger charge is -2.24. The maximum atomic E-state index is 11.6. The van der Waals surface area contributed by atoms with E-state index in [4.69, 9.17) is 0 Å². The molecule has 0 heterocycles. The SMILES string of the molecule is CS(=O)(=O)Cc1cccc(C2(C(=O)O)CCCC2)c1. The van der Waals surface area contributed by atoms with Crippen molar-refractivity contribution in [1.29, 1.82) is 0 Å². The van der Waals surface area contributed by atoms with Gasteiger partial charge in [0.1, 0.15) is 0 Å². The highest BCUT2D eigenvalue weighted by Crippen LogP contribution is 2.41. The van der Waals surface area contributed by atoms with Crippen molar-refractivity contribution in [2.45, 2.75) is 36.9 Å². The van der Waals surface area contributed by atoms with Crippen LogP contribution in [0.25, 0.3) is 0 Å². The molecule has 4 nitrogen and oxygen atoms in total. The third-order valence-electron chi connectivity index (χ3n) is 3.77. The summed E-state index contributed by atoms with van der Waals surface area (Å²) in [5, 5.41) is 9.52. The van der Waals surface area contributed by atoms with E-state index in [1.54, 1.807) is 24.3 Å². The smallest absolute Gasteiger partial charge is 0.314 e. The molecule has 1 aromatic rings. The minimum Gasteiger partial charge on any atom is -0.481 e. The van der Waals surface area contributed by atoms with Crippen molar-refractivity contribution in [3.8, 4) is 0 Å². The number of carbonyl (C=O) groups is 1. The summed E-state index contributed by atoms with van der Waals surface area (Å²) in [4.78, 5) is 11.6. The molecule has 104 valence electrons. The van der Waals surface area contributed by atoms with Crippen molar-refractivity contribution in [2.24, 2.45) is 0 Å². The van der Waals surface area contributed by atoms with Gasteiger partial charge in [-0.05, 0) is 24.0 Å². The molecule has 0 aliphatic heterocycles. The summed E-state index contributed by atoms with van der Waals surface area (Å²) >= 11 is 0. The Kier molecular flexibility index (Phi) is 3.67. The third kappa shape index (κ3) is 2.97. The van der Waals surface area contributed by atoms with Crippen molar-refractivity contribution in [3.05, 3.63) is 35.4 Å². The van der Waals surface area contributed by atoms with Gasteiger partial charge >= 0.3 is 5.97 Å². The van der Waals surface area contributed by atoms with E-state index < -0.39 is 21.2 Å². The molecule has 1 aliphatic rings. The van der Waals surface area contributed by atoms with Gasteiger partial charge in [0.2, 0.25) is 0 Å². The summed E-state index contributed by atoms with van der Waals surface area (Å²) in [6.07, 6.45) is 4.25. The first-order valence-corrected chi connectivity index (χ1v) is 8.40. The van der Waals surface area contributed by atoms with Crippen LogP contribution in [0.5, 0.6) is 0 Å². The number of carboxylic acid groups (broad SMARTS) is 1. The molecular weight excluding hydrogens is 264 g/mol. The maximum absolute atomic E-state index is 11.6. The number of aliphatic carboxylic acids is 1. The van der Waals surface area contributed by atoms with Crippen LogP contribution < -0.4 is 0 Å². The Balaban J connectivity index is 2.40. The minimum absolute atomic E-state index is 0.0451. The van der Waals surface area contributed by atoms with Crippen LogP contribution in [0.2, 0.25) is 0 Å². The lowest BCUT2D eigenvalue weighted by Crippen LogP contribution is -2.32. The molecular formula is C14H18O4S. The van der Waals surface area contributed by atoms with Crippen LogP contribution in [0.3, 0.4) is 0 Å². The number of hydrogen-bond donors (Lipinski definition) is 1. The second-order valence-corrected chi connectivity index (χ2v) is 7.51. The Morgan fingerprint density at radius 3 is 2.47 bits per heavy atom. The summed E-state index contributed by atoms with van der Waals surface area (Å²) in [7, 11) is -3.10. The lowest BCUT2D eigenvalue weighted by molar-refractivity contribution is -0.143. The van der Waals surface area contributed by atoms with Crippen molar-refractivity contribution in [1.82, 2.24) is 0 Å².